The average Bonchev–Trinajstić information content (AvgIpc) is 2.18. The monoisotopic (exact) mass is 217 g/mol. The van der Waals surface area contributed by atoms with E-state index in [4.69, 9.17) is 5.11 Å². The van der Waals surface area contributed by atoms with Crippen LogP contribution >= 0.6 is 0 Å². The molecule has 0 aromatic carbocycles. The van der Waals surface area contributed by atoms with E-state index < -0.39 is 0 Å². The molecule has 0 aromatic heterocycles. The largest absolute Gasteiger partial charge is 0.462 e. The molecule has 0 amide bonds. The van der Waals surface area contributed by atoms with Crippen molar-refractivity contribution in [1.29, 1.82) is 0 Å². The zero-order valence-electron chi connectivity index (χ0n) is 9.95. The molecule has 0 bridgehead atoms. The number of ether oxygens (including phenoxy) is 1. The molecule has 0 saturated carbocycles. The van der Waals surface area contributed by atoms with Gasteiger partial charge in [0.2, 0.25) is 0 Å². The minimum atomic E-state index is -0.318. The van der Waals surface area contributed by atoms with E-state index in [1.807, 2.05) is 20.8 Å². The van der Waals surface area contributed by atoms with E-state index in [9.17, 15) is 4.79 Å². The zero-order chi connectivity index (χ0) is 11.7. The molecule has 1 aliphatic heterocycles. The van der Waals surface area contributed by atoms with Gasteiger partial charge in [-0.05, 0) is 46.1 Å². The van der Waals surface area contributed by atoms with Crippen LogP contribution in [-0.4, -0.2) is 36.9 Å². The van der Waals surface area contributed by atoms with Crippen molar-refractivity contribution in [1.82, 2.24) is 5.32 Å². The molecule has 4 nitrogen and oxygen atoms in total. The van der Waals surface area contributed by atoms with Crippen LogP contribution in [0.3, 0.4) is 0 Å². The topological polar surface area (TPSA) is 58.6 Å². The quantitative estimate of drug-likeness (QED) is 0.676. The first-order chi connectivity index (χ1) is 6.99. The van der Waals surface area contributed by atoms with Gasteiger partial charge in [0.25, 0.3) is 6.47 Å². The van der Waals surface area contributed by atoms with Crippen LogP contribution in [0, 0.1) is 5.92 Å². The fraction of sp³-hybridized carbons (Fsp3) is 0.909. The lowest BCUT2D eigenvalue weighted by Crippen LogP contribution is -2.31. The maximum absolute atomic E-state index is 9.60. The van der Waals surface area contributed by atoms with Crippen molar-refractivity contribution in [2.45, 2.75) is 39.2 Å². The van der Waals surface area contributed by atoms with Gasteiger partial charge in [-0.25, -0.2) is 0 Å². The summed E-state index contributed by atoms with van der Waals surface area (Å²) in [5, 5.41) is 11.9. The van der Waals surface area contributed by atoms with E-state index >= 15 is 0 Å². The van der Waals surface area contributed by atoms with Crippen molar-refractivity contribution in [2.75, 3.05) is 19.7 Å². The molecule has 4 heteroatoms. The van der Waals surface area contributed by atoms with Gasteiger partial charge in [-0.1, -0.05) is 0 Å². The fourth-order valence-electron chi connectivity index (χ4n) is 1.22. The van der Waals surface area contributed by atoms with Gasteiger partial charge in [0, 0.05) is 13.2 Å². The molecule has 1 saturated heterocycles. The fourth-order valence-corrected chi connectivity index (χ4v) is 1.22. The summed E-state index contributed by atoms with van der Waals surface area (Å²) >= 11 is 0. The van der Waals surface area contributed by atoms with E-state index in [0.29, 0.717) is 19.0 Å². The number of aliphatic hydroxyl groups excluding tert-OH is 1. The van der Waals surface area contributed by atoms with E-state index in [1.165, 1.54) is 12.8 Å². The van der Waals surface area contributed by atoms with E-state index in [0.717, 1.165) is 13.1 Å². The molecule has 0 aromatic rings. The summed E-state index contributed by atoms with van der Waals surface area (Å²) in [7, 11) is 0. The second-order valence-corrected chi connectivity index (χ2v) is 4.72. The van der Waals surface area contributed by atoms with Crippen LogP contribution in [0.5, 0.6) is 0 Å². The van der Waals surface area contributed by atoms with Gasteiger partial charge in [-0.3, -0.25) is 4.79 Å². The van der Waals surface area contributed by atoms with Crippen LogP contribution in [0.15, 0.2) is 0 Å². The van der Waals surface area contributed by atoms with E-state index in [2.05, 4.69) is 10.1 Å². The van der Waals surface area contributed by atoms with E-state index in [1.54, 1.807) is 0 Å². The highest BCUT2D eigenvalue weighted by Crippen LogP contribution is 2.07. The lowest BCUT2D eigenvalue weighted by molar-refractivity contribution is -0.138. The molecule has 1 atom stereocenters. The third kappa shape index (κ3) is 9.69. The van der Waals surface area contributed by atoms with Gasteiger partial charge in [0.1, 0.15) is 5.60 Å². The molecule has 90 valence electrons. The molecular weight excluding hydrogens is 194 g/mol. The normalized spacial score (nSPS) is 21.2. The summed E-state index contributed by atoms with van der Waals surface area (Å²) in [5.41, 5.74) is -0.318. The Balaban J connectivity index is 0.000000265. The number of carbonyl (C=O) groups is 1. The van der Waals surface area contributed by atoms with Crippen molar-refractivity contribution in [2.24, 2.45) is 5.92 Å². The second kappa shape index (κ2) is 7.65. The first kappa shape index (κ1) is 14.4. The van der Waals surface area contributed by atoms with Crippen LogP contribution in [0.25, 0.3) is 0 Å². The summed E-state index contributed by atoms with van der Waals surface area (Å²) in [6.45, 7) is 8.42. The Labute approximate surface area is 92.0 Å². The molecule has 1 aliphatic rings. The molecule has 1 rings (SSSR count). The third-order valence-electron chi connectivity index (χ3n) is 2.06. The molecule has 0 aliphatic carbocycles. The van der Waals surface area contributed by atoms with Gasteiger partial charge in [0.05, 0.1) is 0 Å². The molecule has 0 unspecified atom stereocenters. The predicted molar refractivity (Wildman–Crippen MR) is 59.6 cm³/mol. The smallest absolute Gasteiger partial charge is 0.293 e. The zero-order valence-corrected chi connectivity index (χ0v) is 9.95. The number of carbonyl (C=O) groups excluding carboxylic acids is 1. The summed E-state index contributed by atoms with van der Waals surface area (Å²) in [6.07, 6.45) is 2.43. The maximum atomic E-state index is 9.60. The third-order valence-corrected chi connectivity index (χ3v) is 2.06. The van der Waals surface area contributed by atoms with Crippen LogP contribution in [-0.2, 0) is 9.53 Å². The van der Waals surface area contributed by atoms with Gasteiger partial charge in [0.15, 0.2) is 0 Å². The average molecular weight is 217 g/mol. The van der Waals surface area contributed by atoms with Crippen molar-refractivity contribution in [3.63, 3.8) is 0 Å². The summed E-state index contributed by atoms with van der Waals surface area (Å²) in [6, 6.07) is 0. The maximum Gasteiger partial charge on any atom is 0.293 e. The van der Waals surface area contributed by atoms with Crippen molar-refractivity contribution >= 4 is 6.47 Å². The van der Waals surface area contributed by atoms with Gasteiger partial charge in [-0.15, -0.1) is 0 Å². The number of hydrogen-bond donors (Lipinski definition) is 2. The SMILES string of the molecule is CC(C)(C)OC=O.OC[C@@H]1CCCNC1. The van der Waals surface area contributed by atoms with Crippen LogP contribution < -0.4 is 5.32 Å². The summed E-state index contributed by atoms with van der Waals surface area (Å²) < 4.78 is 4.55. The second-order valence-electron chi connectivity index (χ2n) is 4.72. The Kier molecular flexibility index (Phi) is 7.34. The number of hydrogen-bond acceptors (Lipinski definition) is 4. The molecule has 2 N–H and O–H groups in total. The summed E-state index contributed by atoms with van der Waals surface area (Å²) in [5.74, 6) is 0.531. The van der Waals surface area contributed by atoms with Gasteiger partial charge < -0.3 is 15.2 Å². The minimum absolute atomic E-state index is 0.318. The molecule has 1 heterocycles. The first-order valence-electron chi connectivity index (χ1n) is 5.42. The Morgan fingerprint density at radius 3 is 2.40 bits per heavy atom. The van der Waals surface area contributed by atoms with Crippen LogP contribution in [0.2, 0.25) is 0 Å². The highest BCUT2D eigenvalue weighted by molar-refractivity contribution is 5.37. The lowest BCUT2D eigenvalue weighted by Gasteiger charge is -2.19. The molecular formula is C11H23NO3. The highest BCUT2D eigenvalue weighted by Gasteiger charge is 2.10. The van der Waals surface area contributed by atoms with Crippen LogP contribution in [0.4, 0.5) is 0 Å². The standard InChI is InChI=1S/C6H13NO.C5H10O2/c8-5-6-2-1-3-7-4-6;1-5(2,3)7-4-6/h6-8H,1-5H2;4H,1-3H3/t6-;/m1./s1. The Hall–Kier alpha value is -0.610. The number of nitrogens with one attached hydrogen (secondary N) is 1. The Morgan fingerprint density at radius 1 is 1.53 bits per heavy atom. The molecule has 0 spiro atoms. The van der Waals surface area contributed by atoms with Crippen molar-refractivity contribution in [3.05, 3.63) is 0 Å². The van der Waals surface area contributed by atoms with Crippen molar-refractivity contribution in [3.8, 4) is 0 Å². The van der Waals surface area contributed by atoms with Crippen LogP contribution in [0.1, 0.15) is 33.6 Å². The Morgan fingerprint density at radius 2 is 2.20 bits per heavy atom. The Bertz CT molecular complexity index is 160. The minimum Gasteiger partial charge on any atom is -0.462 e. The molecule has 0 radical (unpaired) electrons. The van der Waals surface area contributed by atoms with Crippen molar-refractivity contribution < 1.29 is 14.6 Å². The number of aliphatic hydroxyl groups is 1. The number of rotatable bonds is 2. The summed E-state index contributed by atoms with van der Waals surface area (Å²) in [4.78, 5) is 9.60. The first-order valence-corrected chi connectivity index (χ1v) is 5.42. The predicted octanol–water partition coefficient (Wildman–Crippen LogP) is 0.936. The molecule has 1 fully saturated rings. The van der Waals surface area contributed by atoms with Gasteiger partial charge >= 0.3 is 0 Å². The highest BCUT2D eigenvalue weighted by atomic mass is 16.5. The van der Waals surface area contributed by atoms with E-state index in [-0.39, 0.29) is 5.60 Å². The lowest BCUT2D eigenvalue weighted by atomic mass is 10.0. The molecule has 15 heavy (non-hydrogen) atoms. The number of piperidine rings is 1. The van der Waals surface area contributed by atoms with Gasteiger partial charge in [-0.2, -0.15) is 0 Å².